The van der Waals surface area contributed by atoms with Crippen molar-refractivity contribution >= 4 is 41.5 Å². The topological polar surface area (TPSA) is 85.0 Å². The summed E-state index contributed by atoms with van der Waals surface area (Å²) in [6, 6.07) is 9.79. The van der Waals surface area contributed by atoms with E-state index in [-0.39, 0.29) is 30.0 Å². The van der Waals surface area contributed by atoms with E-state index in [1.165, 1.54) is 0 Å². The summed E-state index contributed by atoms with van der Waals surface area (Å²) in [4.78, 5) is 4.72. The van der Waals surface area contributed by atoms with E-state index < -0.39 is 0 Å². The predicted octanol–water partition coefficient (Wildman–Crippen LogP) is 3.72. The first-order valence-corrected chi connectivity index (χ1v) is 10.6. The number of benzene rings is 1. The molecule has 0 amide bonds. The summed E-state index contributed by atoms with van der Waals surface area (Å²) in [7, 11) is 1.95. The standard InChI is InChI=1S/C21H29ClN8.HI/c1-4-5-11-23-21(25-15-20-28-27-16(2)29(20)3)24-14-19(30-13-6-12-26-30)17-7-9-18(22)10-8-17;/h6-10,12-13,19H,4-5,11,14-15H2,1-3H3,(H2,23,24,25);1H. The molecular weight excluding hydrogens is 527 g/mol. The fourth-order valence-electron chi connectivity index (χ4n) is 3.00. The number of aliphatic imine (C=N–C) groups is 1. The zero-order valence-corrected chi connectivity index (χ0v) is 21.2. The van der Waals surface area contributed by atoms with Gasteiger partial charge < -0.3 is 15.2 Å². The number of nitrogens with zero attached hydrogens (tertiary/aromatic N) is 6. The van der Waals surface area contributed by atoms with Gasteiger partial charge in [-0.2, -0.15) is 5.10 Å². The first-order chi connectivity index (χ1) is 14.6. The molecule has 31 heavy (non-hydrogen) atoms. The van der Waals surface area contributed by atoms with Crippen molar-refractivity contribution < 1.29 is 0 Å². The summed E-state index contributed by atoms with van der Waals surface area (Å²) >= 11 is 6.07. The highest BCUT2D eigenvalue weighted by atomic mass is 127. The molecule has 0 aliphatic rings. The van der Waals surface area contributed by atoms with Crippen LogP contribution in [0.4, 0.5) is 0 Å². The zero-order chi connectivity index (χ0) is 21.3. The number of unbranched alkanes of at least 4 members (excludes halogenated alkanes) is 1. The fourth-order valence-corrected chi connectivity index (χ4v) is 3.13. The van der Waals surface area contributed by atoms with Crippen LogP contribution in [-0.4, -0.2) is 43.6 Å². The van der Waals surface area contributed by atoms with Gasteiger partial charge >= 0.3 is 0 Å². The molecule has 2 aromatic heterocycles. The third kappa shape index (κ3) is 7.20. The molecule has 0 aliphatic carbocycles. The zero-order valence-electron chi connectivity index (χ0n) is 18.1. The lowest BCUT2D eigenvalue weighted by Crippen LogP contribution is -2.41. The number of hydrogen-bond donors (Lipinski definition) is 2. The van der Waals surface area contributed by atoms with Crippen molar-refractivity contribution in [3.63, 3.8) is 0 Å². The first-order valence-electron chi connectivity index (χ1n) is 10.2. The second kappa shape index (κ2) is 12.7. The number of guanidine groups is 1. The van der Waals surface area contributed by atoms with Gasteiger partial charge in [-0.05, 0) is 37.1 Å². The minimum atomic E-state index is 0. The molecular formula is C21H30ClIN8. The molecule has 3 rings (SSSR count). The average molecular weight is 557 g/mol. The number of rotatable bonds is 9. The van der Waals surface area contributed by atoms with Crippen LogP contribution < -0.4 is 10.6 Å². The van der Waals surface area contributed by atoms with Crippen LogP contribution in [0.3, 0.4) is 0 Å². The van der Waals surface area contributed by atoms with E-state index in [0.717, 1.165) is 42.6 Å². The molecule has 0 saturated carbocycles. The molecule has 1 aromatic carbocycles. The molecule has 0 fully saturated rings. The van der Waals surface area contributed by atoms with Crippen molar-refractivity contribution in [1.29, 1.82) is 0 Å². The van der Waals surface area contributed by atoms with Crippen LogP contribution in [0.1, 0.15) is 43.0 Å². The molecule has 3 aromatic rings. The maximum absolute atomic E-state index is 6.07. The summed E-state index contributed by atoms with van der Waals surface area (Å²) in [5.41, 5.74) is 1.12. The Kier molecular flexibility index (Phi) is 10.3. The molecule has 0 spiro atoms. The van der Waals surface area contributed by atoms with Crippen molar-refractivity contribution in [2.75, 3.05) is 13.1 Å². The molecule has 2 heterocycles. The van der Waals surface area contributed by atoms with E-state index in [2.05, 4.69) is 32.9 Å². The maximum atomic E-state index is 6.07. The van der Waals surface area contributed by atoms with Crippen LogP contribution in [0.2, 0.25) is 5.02 Å². The monoisotopic (exact) mass is 556 g/mol. The minimum Gasteiger partial charge on any atom is -0.356 e. The van der Waals surface area contributed by atoms with E-state index in [4.69, 9.17) is 16.6 Å². The van der Waals surface area contributed by atoms with Gasteiger partial charge in [0.05, 0.1) is 6.04 Å². The quantitative estimate of drug-likeness (QED) is 0.182. The Morgan fingerprint density at radius 1 is 1.19 bits per heavy atom. The lowest BCUT2D eigenvalue weighted by atomic mass is 10.1. The van der Waals surface area contributed by atoms with Gasteiger partial charge in [-0.1, -0.05) is 37.1 Å². The van der Waals surface area contributed by atoms with Crippen molar-refractivity contribution in [2.24, 2.45) is 12.0 Å². The third-order valence-electron chi connectivity index (χ3n) is 4.95. The molecule has 2 N–H and O–H groups in total. The van der Waals surface area contributed by atoms with Crippen LogP contribution >= 0.6 is 35.6 Å². The van der Waals surface area contributed by atoms with E-state index >= 15 is 0 Å². The number of aryl methyl sites for hydroxylation is 1. The smallest absolute Gasteiger partial charge is 0.191 e. The van der Waals surface area contributed by atoms with Gasteiger partial charge in [0.15, 0.2) is 11.8 Å². The van der Waals surface area contributed by atoms with Gasteiger partial charge in [0.1, 0.15) is 12.4 Å². The van der Waals surface area contributed by atoms with Crippen LogP contribution in [0.5, 0.6) is 0 Å². The molecule has 1 atom stereocenters. The summed E-state index contributed by atoms with van der Waals surface area (Å²) in [6.45, 7) is 6.03. The molecule has 8 nitrogen and oxygen atoms in total. The fraction of sp³-hybridized carbons (Fsp3) is 0.429. The van der Waals surface area contributed by atoms with Gasteiger partial charge in [0.25, 0.3) is 0 Å². The van der Waals surface area contributed by atoms with Crippen molar-refractivity contribution in [3.05, 3.63) is 65.0 Å². The largest absolute Gasteiger partial charge is 0.356 e. The van der Waals surface area contributed by atoms with Crippen LogP contribution in [0.15, 0.2) is 47.7 Å². The molecule has 168 valence electrons. The molecule has 0 aliphatic heterocycles. The Hall–Kier alpha value is -2.14. The highest BCUT2D eigenvalue weighted by Crippen LogP contribution is 2.19. The van der Waals surface area contributed by atoms with Gasteiger partial charge in [-0.15, -0.1) is 34.2 Å². The van der Waals surface area contributed by atoms with E-state index in [0.29, 0.717) is 18.1 Å². The van der Waals surface area contributed by atoms with Crippen LogP contribution in [0, 0.1) is 6.92 Å². The SMILES string of the molecule is CCCCNC(=NCc1nnc(C)n1C)NCC(c1ccc(Cl)cc1)n1cccn1.I. The predicted molar refractivity (Wildman–Crippen MR) is 135 cm³/mol. The lowest BCUT2D eigenvalue weighted by molar-refractivity contribution is 0.510. The average Bonchev–Trinajstić information content (AvgIpc) is 3.38. The van der Waals surface area contributed by atoms with Gasteiger partial charge in [-0.25, -0.2) is 4.99 Å². The van der Waals surface area contributed by atoms with Crippen LogP contribution in [-0.2, 0) is 13.6 Å². The third-order valence-corrected chi connectivity index (χ3v) is 5.20. The molecule has 1 unspecified atom stereocenters. The van der Waals surface area contributed by atoms with Crippen molar-refractivity contribution in [2.45, 2.75) is 39.3 Å². The van der Waals surface area contributed by atoms with E-state index in [9.17, 15) is 0 Å². The maximum Gasteiger partial charge on any atom is 0.191 e. The number of aromatic nitrogens is 5. The van der Waals surface area contributed by atoms with Gasteiger partial charge in [0.2, 0.25) is 0 Å². The lowest BCUT2D eigenvalue weighted by Gasteiger charge is -2.21. The highest BCUT2D eigenvalue weighted by molar-refractivity contribution is 14.0. The Labute approximate surface area is 205 Å². The second-order valence-corrected chi connectivity index (χ2v) is 7.54. The first kappa shape index (κ1) is 25.1. The second-order valence-electron chi connectivity index (χ2n) is 7.10. The van der Waals surface area contributed by atoms with Gasteiger partial charge in [0, 0.05) is 37.6 Å². The van der Waals surface area contributed by atoms with Crippen molar-refractivity contribution in [1.82, 2.24) is 35.2 Å². The summed E-state index contributed by atoms with van der Waals surface area (Å²) in [6.07, 6.45) is 5.94. The normalized spacial score (nSPS) is 12.3. The number of nitrogens with one attached hydrogen (secondary N) is 2. The summed E-state index contributed by atoms with van der Waals surface area (Å²) in [5, 5.41) is 20.3. The van der Waals surface area contributed by atoms with E-state index in [1.807, 2.05) is 59.7 Å². The Morgan fingerprint density at radius 2 is 1.97 bits per heavy atom. The molecule has 0 saturated heterocycles. The van der Waals surface area contributed by atoms with Crippen LogP contribution in [0.25, 0.3) is 0 Å². The minimum absolute atomic E-state index is 0. The van der Waals surface area contributed by atoms with Gasteiger partial charge in [-0.3, -0.25) is 4.68 Å². The summed E-state index contributed by atoms with van der Waals surface area (Å²) < 4.78 is 3.89. The number of halogens is 2. The molecule has 0 radical (unpaired) electrons. The Bertz CT molecular complexity index is 937. The molecule has 0 bridgehead atoms. The highest BCUT2D eigenvalue weighted by Gasteiger charge is 2.15. The Morgan fingerprint density at radius 3 is 2.58 bits per heavy atom. The van der Waals surface area contributed by atoms with E-state index in [1.54, 1.807) is 6.20 Å². The Balaban J connectivity index is 0.00000341. The number of hydrogen-bond acceptors (Lipinski definition) is 4. The van der Waals surface area contributed by atoms with Crippen molar-refractivity contribution in [3.8, 4) is 0 Å². The molecule has 10 heteroatoms. The summed E-state index contributed by atoms with van der Waals surface area (Å²) in [5.74, 6) is 2.44.